The summed E-state index contributed by atoms with van der Waals surface area (Å²) in [5, 5.41) is 22.7. The van der Waals surface area contributed by atoms with E-state index in [-0.39, 0.29) is 0 Å². The van der Waals surface area contributed by atoms with E-state index < -0.39 is 6.17 Å². The van der Waals surface area contributed by atoms with Gasteiger partial charge in [0.2, 0.25) is 0 Å². The molecule has 0 amide bonds. The van der Waals surface area contributed by atoms with Crippen molar-refractivity contribution in [2.75, 3.05) is 36.5 Å². The van der Waals surface area contributed by atoms with Crippen molar-refractivity contribution >= 4 is 22.4 Å². The molecule has 1 saturated heterocycles. The second kappa shape index (κ2) is 7.76. The lowest BCUT2D eigenvalue weighted by Gasteiger charge is -2.28. The number of aryl methyl sites for hydroxylation is 1. The molecule has 3 aromatic rings. The van der Waals surface area contributed by atoms with Crippen LogP contribution < -0.4 is 16.0 Å². The van der Waals surface area contributed by atoms with Crippen molar-refractivity contribution in [1.29, 1.82) is 5.26 Å². The molecule has 1 fully saturated rings. The summed E-state index contributed by atoms with van der Waals surface area (Å²) in [7, 11) is 0. The topological polar surface area (TPSA) is 113 Å². The lowest BCUT2D eigenvalue weighted by molar-refractivity contribution is 0.122. The van der Waals surface area contributed by atoms with E-state index in [1.165, 1.54) is 0 Å². The van der Waals surface area contributed by atoms with Crippen molar-refractivity contribution in [3.63, 3.8) is 0 Å². The fourth-order valence-corrected chi connectivity index (χ4v) is 3.27. The Hall–Kier alpha value is -3.28. The van der Waals surface area contributed by atoms with E-state index in [4.69, 9.17) is 15.7 Å². The highest BCUT2D eigenvalue weighted by Gasteiger charge is 2.16. The van der Waals surface area contributed by atoms with Crippen LogP contribution in [0.4, 0.5) is 11.6 Å². The van der Waals surface area contributed by atoms with Gasteiger partial charge in [0.15, 0.2) is 5.82 Å². The van der Waals surface area contributed by atoms with Gasteiger partial charge in [-0.3, -0.25) is 0 Å². The van der Waals surface area contributed by atoms with Gasteiger partial charge in [-0.25, -0.2) is 4.98 Å². The number of ether oxygens (including phenoxy) is 1. The number of fused-ring (bicyclic) bond motifs is 1. The average Bonchev–Trinajstić information content (AvgIpc) is 2.76. The van der Waals surface area contributed by atoms with Crippen molar-refractivity contribution in [3.8, 4) is 6.07 Å². The first kappa shape index (κ1) is 18.1. The first-order chi connectivity index (χ1) is 13.7. The Labute approximate surface area is 163 Å². The summed E-state index contributed by atoms with van der Waals surface area (Å²) in [6.07, 6.45) is 1.31. The van der Waals surface area contributed by atoms with Crippen LogP contribution in [0.2, 0.25) is 0 Å². The fraction of sp³-hybridized carbons (Fsp3) is 0.300. The molecule has 4 rings (SSSR count). The molecule has 2 aromatic heterocycles. The third-order valence-corrected chi connectivity index (χ3v) is 4.84. The van der Waals surface area contributed by atoms with Crippen molar-refractivity contribution in [1.82, 2.24) is 15.2 Å². The van der Waals surface area contributed by atoms with Gasteiger partial charge in [0.25, 0.3) is 0 Å². The second-order valence-electron chi connectivity index (χ2n) is 6.68. The monoisotopic (exact) mass is 375 g/mol. The van der Waals surface area contributed by atoms with E-state index in [1.54, 1.807) is 12.1 Å². The Bertz CT molecular complexity index is 1040. The van der Waals surface area contributed by atoms with E-state index in [2.05, 4.69) is 31.5 Å². The molecule has 0 saturated carbocycles. The number of nitriles is 1. The molecule has 3 heterocycles. The van der Waals surface area contributed by atoms with Gasteiger partial charge in [0.05, 0.1) is 30.5 Å². The van der Waals surface area contributed by atoms with Crippen LogP contribution in [0, 0.1) is 18.3 Å². The maximum Gasteiger partial charge on any atom is 0.158 e. The molecule has 1 aromatic carbocycles. The number of anilines is 2. The quantitative estimate of drug-likeness (QED) is 0.667. The van der Waals surface area contributed by atoms with Gasteiger partial charge in [-0.15, -0.1) is 5.10 Å². The summed E-state index contributed by atoms with van der Waals surface area (Å²) in [6.45, 7) is 4.90. The lowest BCUT2D eigenvalue weighted by Crippen LogP contribution is -2.36. The predicted octanol–water partition coefficient (Wildman–Crippen LogP) is 2.11. The molecule has 8 nitrogen and oxygen atoms in total. The van der Waals surface area contributed by atoms with Crippen LogP contribution in [0.3, 0.4) is 0 Å². The highest BCUT2D eigenvalue weighted by molar-refractivity contribution is 5.94. The van der Waals surface area contributed by atoms with Crippen LogP contribution in [0.15, 0.2) is 36.5 Å². The van der Waals surface area contributed by atoms with Gasteiger partial charge in [-0.1, -0.05) is 12.1 Å². The minimum absolute atomic E-state index is 0.520. The molecule has 8 heteroatoms. The molecule has 0 bridgehead atoms. The summed E-state index contributed by atoms with van der Waals surface area (Å²) in [6, 6.07) is 11.4. The van der Waals surface area contributed by atoms with Gasteiger partial charge in [-0.2, -0.15) is 10.4 Å². The summed E-state index contributed by atoms with van der Waals surface area (Å²) < 4.78 is 5.43. The van der Waals surface area contributed by atoms with Crippen LogP contribution >= 0.6 is 0 Å². The van der Waals surface area contributed by atoms with E-state index >= 15 is 0 Å². The smallest absolute Gasteiger partial charge is 0.158 e. The number of aromatic nitrogens is 3. The zero-order chi connectivity index (χ0) is 19.5. The van der Waals surface area contributed by atoms with Crippen molar-refractivity contribution in [2.45, 2.75) is 13.1 Å². The van der Waals surface area contributed by atoms with Crippen LogP contribution in [-0.2, 0) is 4.74 Å². The Morgan fingerprint density at radius 3 is 2.82 bits per heavy atom. The summed E-state index contributed by atoms with van der Waals surface area (Å²) >= 11 is 0. The van der Waals surface area contributed by atoms with Crippen molar-refractivity contribution < 1.29 is 4.74 Å². The molecule has 0 unspecified atom stereocenters. The van der Waals surface area contributed by atoms with Gasteiger partial charge in [-0.05, 0) is 30.7 Å². The minimum atomic E-state index is -0.520. The van der Waals surface area contributed by atoms with Crippen LogP contribution in [0.25, 0.3) is 10.8 Å². The standard InChI is InChI=1S/C20H21N7O/c1-13-17-12-23-18(27-5-7-28-8-6-27)10-16(17)20(26-25-13)24-19(22)15-4-2-3-14(9-15)11-21/h2-4,9-10,12,19H,5-8,22H2,1H3,(H,24,26)/t19-/m0/s1. The Morgan fingerprint density at radius 1 is 1.21 bits per heavy atom. The molecule has 3 N–H and O–H groups in total. The molecule has 1 atom stereocenters. The number of hydrogen-bond acceptors (Lipinski definition) is 8. The summed E-state index contributed by atoms with van der Waals surface area (Å²) in [5.74, 6) is 1.47. The molecule has 0 aliphatic carbocycles. The SMILES string of the molecule is Cc1nnc(N[C@H](N)c2cccc(C#N)c2)c2cc(N3CCOCC3)ncc12. The maximum absolute atomic E-state index is 9.11. The first-order valence-electron chi connectivity index (χ1n) is 9.13. The number of morpholine rings is 1. The van der Waals surface area contributed by atoms with Gasteiger partial charge >= 0.3 is 0 Å². The first-order valence-corrected chi connectivity index (χ1v) is 9.13. The zero-order valence-corrected chi connectivity index (χ0v) is 15.6. The predicted molar refractivity (Wildman–Crippen MR) is 107 cm³/mol. The number of nitrogens with two attached hydrogens (primary N) is 1. The zero-order valence-electron chi connectivity index (χ0n) is 15.6. The van der Waals surface area contributed by atoms with E-state index in [0.29, 0.717) is 24.6 Å². The van der Waals surface area contributed by atoms with Crippen LogP contribution in [0.5, 0.6) is 0 Å². The van der Waals surface area contributed by atoms with Crippen molar-refractivity contribution in [3.05, 3.63) is 53.3 Å². The molecular weight excluding hydrogens is 354 g/mol. The normalized spacial score (nSPS) is 15.2. The maximum atomic E-state index is 9.11. The molecule has 0 radical (unpaired) electrons. The van der Waals surface area contributed by atoms with Crippen LogP contribution in [-0.4, -0.2) is 41.5 Å². The van der Waals surface area contributed by atoms with E-state index in [0.717, 1.165) is 40.9 Å². The molecule has 1 aliphatic rings. The second-order valence-corrected chi connectivity index (χ2v) is 6.68. The molecule has 0 spiro atoms. The fourth-order valence-electron chi connectivity index (χ4n) is 3.27. The third-order valence-electron chi connectivity index (χ3n) is 4.84. The van der Waals surface area contributed by atoms with E-state index in [1.807, 2.05) is 31.3 Å². The molecule has 1 aliphatic heterocycles. The number of benzene rings is 1. The van der Waals surface area contributed by atoms with Gasteiger partial charge in [0, 0.05) is 30.1 Å². The van der Waals surface area contributed by atoms with Gasteiger partial charge < -0.3 is 20.7 Å². The Morgan fingerprint density at radius 2 is 2.04 bits per heavy atom. The number of hydrogen-bond donors (Lipinski definition) is 2. The molecule has 28 heavy (non-hydrogen) atoms. The third kappa shape index (κ3) is 3.58. The highest BCUT2D eigenvalue weighted by Crippen LogP contribution is 2.28. The lowest BCUT2D eigenvalue weighted by atomic mass is 10.1. The molecular formula is C20H21N7O. The Balaban J connectivity index is 1.69. The number of pyridine rings is 1. The number of nitrogens with zero attached hydrogens (tertiary/aromatic N) is 5. The summed E-state index contributed by atoms with van der Waals surface area (Å²) in [5.41, 5.74) is 8.50. The van der Waals surface area contributed by atoms with E-state index in [9.17, 15) is 0 Å². The summed E-state index contributed by atoms with van der Waals surface area (Å²) in [4.78, 5) is 6.79. The van der Waals surface area contributed by atoms with Gasteiger partial charge in [0.1, 0.15) is 12.0 Å². The molecule has 142 valence electrons. The van der Waals surface area contributed by atoms with Crippen LogP contribution in [0.1, 0.15) is 23.0 Å². The Kier molecular flexibility index (Phi) is 5.02. The average molecular weight is 375 g/mol. The number of rotatable bonds is 4. The van der Waals surface area contributed by atoms with Crippen molar-refractivity contribution in [2.24, 2.45) is 5.73 Å². The highest BCUT2D eigenvalue weighted by atomic mass is 16.5. The number of nitrogens with one attached hydrogen (secondary N) is 1. The largest absolute Gasteiger partial charge is 0.378 e. The minimum Gasteiger partial charge on any atom is -0.378 e.